The van der Waals surface area contributed by atoms with Crippen LogP contribution >= 0.6 is 11.6 Å². The van der Waals surface area contributed by atoms with Gasteiger partial charge in [-0.2, -0.15) is 0 Å². The summed E-state index contributed by atoms with van der Waals surface area (Å²) in [6, 6.07) is 14.8. The number of rotatable bonds is 6. The Bertz CT molecular complexity index is 1130. The maximum atomic E-state index is 13.2. The smallest absolute Gasteiger partial charge is 0.291 e. The largest absolute Gasteiger partial charge is 0.494 e. The monoisotopic (exact) mass is 494 g/mol. The zero-order chi connectivity index (χ0) is 24.8. The molecule has 2 atom stereocenters. The van der Waals surface area contributed by atoms with Crippen LogP contribution in [0.1, 0.15) is 48.5 Å². The molecule has 1 fully saturated rings. The Morgan fingerprint density at radius 3 is 2.71 bits per heavy atom. The molecule has 0 aromatic heterocycles. The molecular formula is C27H31ClN4O3. The molecule has 2 aliphatic heterocycles. The first kappa shape index (κ1) is 24.9. The normalized spacial score (nSPS) is 20.3. The zero-order valence-corrected chi connectivity index (χ0v) is 20.9. The van der Waals surface area contributed by atoms with Crippen LogP contribution in [0.3, 0.4) is 0 Å². The third-order valence-corrected chi connectivity index (χ3v) is 6.51. The van der Waals surface area contributed by atoms with E-state index < -0.39 is 0 Å². The van der Waals surface area contributed by atoms with Crippen LogP contribution in [0, 0.1) is 0 Å². The van der Waals surface area contributed by atoms with Crippen LogP contribution in [-0.4, -0.2) is 72.5 Å². The lowest BCUT2D eigenvalue weighted by Crippen LogP contribution is -2.56. The summed E-state index contributed by atoms with van der Waals surface area (Å²) >= 11 is 6.13. The van der Waals surface area contributed by atoms with Gasteiger partial charge in [0.15, 0.2) is 0 Å². The Kier molecular flexibility index (Phi) is 8.18. The van der Waals surface area contributed by atoms with E-state index in [4.69, 9.17) is 16.3 Å². The number of hydrogen-bond acceptors (Lipinski definition) is 5. The standard InChI is InChI=1S/C27H31ClN4O3/c1-3-14-35-24-9-5-7-21(16-24)26(33)31-12-13-32(19(2)18-31)27(34)25-29-11-10-22(17-30-25)20-6-4-8-23(28)15-20/h4-9,15-17,19,22H,3,10-14,18H2,1-2H3. The highest BCUT2D eigenvalue weighted by molar-refractivity contribution is 6.39. The predicted molar refractivity (Wildman–Crippen MR) is 139 cm³/mol. The van der Waals surface area contributed by atoms with E-state index in [2.05, 4.69) is 9.98 Å². The van der Waals surface area contributed by atoms with Crippen molar-refractivity contribution in [3.63, 3.8) is 0 Å². The molecule has 2 aromatic rings. The molecule has 4 rings (SSSR count). The van der Waals surface area contributed by atoms with Gasteiger partial charge in [-0.1, -0.05) is 36.7 Å². The van der Waals surface area contributed by atoms with Gasteiger partial charge in [-0.3, -0.25) is 14.6 Å². The second-order valence-electron chi connectivity index (χ2n) is 8.91. The number of carbonyl (C=O) groups excluding carboxylic acids is 2. The van der Waals surface area contributed by atoms with Crippen LogP contribution in [0.2, 0.25) is 5.02 Å². The van der Waals surface area contributed by atoms with Gasteiger partial charge in [0.25, 0.3) is 11.8 Å². The van der Waals surface area contributed by atoms with E-state index >= 15 is 0 Å². The molecular weight excluding hydrogens is 464 g/mol. The molecule has 0 saturated carbocycles. The summed E-state index contributed by atoms with van der Waals surface area (Å²) in [6.07, 6.45) is 3.47. The SMILES string of the molecule is CCCOc1cccc(C(=O)N2CCN(C(=O)C3=NCCC(c4cccc(Cl)c4)C=N3)C(C)C2)c1. The lowest BCUT2D eigenvalue weighted by molar-refractivity contribution is -0.128. The average molecular weight is 495 g/mol. The Hall–Kier alpha value is -3.19. The summed E-state index contributed by atoms with van der Waals surface area (Å²) in [5.41, 5.74) is 1.66. The van der Waals surface area contributed by atoms with Gasteiger partial charge < -0.3 is 14.5 Å². The number of carbonyl (C=O) groups is 2. The molecule has 8 heteroatoms. The molecule has 2 unspecified atom stereocenters. The van der Waals surface area contributed by atoms with Crippen molar-refractivity contribution in [3.8, 4) is 5.75 Å². The third kappa shape index (κ3) is 6.09. The molecule has 2 aliphatic rings. The first-order valence-corrected chi connectivity index (χ1v) is 12.5. The number of hydrogen-bond donors (Lipinski definition) is 0. The van der Waals surface area contributed by atoms with Crippen molar-refractivity contribution in [3.05, 3.63) is 64.7 Å². The number of amides is 2. The van der Waals surface area contributed by atoms with E-state index in [0.717, 1.165) is 18.4 Å². The van der Waals surface area contributed by atoms with Crippen molar-refractivity contribution in [2.45, 2.75) is 38.6 Å². The molecule has 0 radical (unpaired) electrons. The summed E-state index contributed by atoms with van der Waals surface area (Å²) in [4.78, 5) is 38.8. The highest BCUT2D eigenvalue weighted by Gasteiger charge is 2.32. The van der Waals surface area contributed by atoms with Crippen LogP contribution in [0.25, 0.3) is 0 Å². The number of benzene rings is 2. The molecule has 1 saturated heterocycles. The van der Waals surface area contributed by atoms with E-state index in [1.54, 1.807) is 28.1 Å². The van der Waals surface area contributed by atoms with Crippen LogP contribution < -0.4 is 4.74 Å². The van der Waals surface area contributed by atoms with Crippen LogP contribution in [-0.2, 0) is 4.79 Å². The lowest BCUT2D eigenvalue weighted by atomic mass is 9.97. The maximum absolute atomic E-state index is 13.2. The molecule has 184 valence electrons. The lowest BCUT2D eigenvalue weighted by Gasteiger charge is -2.39. The first-order valence-electron chi connectivity index (χ1n) is 12.1. The van der Waals surface area contributed by atoms with Gasteiger partial charge in [0.1, 0.15) is 5.75 Å². The van der Waals surface area contributed by atoms with Gasteiger partial charge in [-0.05, 0) is 55.7 Å². The van der Waals surface area contributed by atoms with Crippen molar-refractivity contribution < 1.29 is 14.3 Å². The van der Waals surface area contributed by atoms with Crippen LogP contribution in [0.4, 0.5) is 0 Å². The molecule has 0 bridgehead atoms. The number of amidine groups is 1. The number of aliphatic imine (C=N–C) groups is 2. The number of piperazine rings is 1. The third-order valence-electron chi connectivity index (χ3n) is 6.28. The zero-order valence-electron chi connectivity index (χ0n) is 20.2. The van der Waals surface area contributed by atoms with Gasteiger partial charge in [0.2, 0.25) is 5.84 Å². The fourth-order valence-electron chi connectivity index (χ4n) is 4.39. The fourth-order valence-corrected chi connectivity index (χ4v) is 4.59. The van der Waals surface area contributed by atoms with Crippen LogP contribution in [0.15, 0.2) is 58.5 Å². The molecule has 2 amide bonds. The number of halogens is 1. The van der Waals surface area contributed by atoms with E-state index in [-0.39, 0.29) is 29.6 Å². The van der Waals surface area contributed by atoms with Crippen LogP contribution in [0.5, 0.6) is 5.75 Å². The Labute approximate surface area is 211 Å². The quantitative estimate of drug-likeness (QED) is 0.595. The summed E-state index contributed by atoms with van der Waals surface area (Å²) in [6.45, 7) is 6.46. The van der Waals surface area contributed by atoms with Gasteiger partial charge in [0, 0.05) is 54.9 Å². The first-order chi connectivity index (χ1) is 17.0. The van der Waals surface area contributed by atoms with Gasteiger partial charge in [-0.15, -0.1) is 0 Å². The highest BCUT2D eigenvalue weighted by Crippen LogP contribution is 2.23. The minimum absolute atomic E-state index is 0.0555. The van der Waals surface area contributed by atoms with E-state index in [9.17, 15) is 9.59 Å². The van der Waals surface area contributed by atoms with E-state index in [1.807, 2.05) is 50.2 Å². The number of ether oxygens (including phenoxy) is 1. The van der Waals surface area contributed by atoms with Gasteiger partial charge >= 0.3 is 0 Å². The minimum atomic E-state index is -0.192. The Morgan fingerprint density at radius 2 is 1.94 bits per heavy atom. The summed E-state index contributed by atoms with van der Waals surface area (Å²) in [5.74, 6) is 0.733. The van der Waals surface area contributed by atoms with E-state index in [0.29, 0.717) is 49.1 Å². The summed E-state index contributed by atoms with van der Waals surface area (Å²) in [7, 11) is 0. The minimum Gasteiger partial charge on any atom is -0.494 e. The number of nitrogens with zero attached hydrogens (tertiary/aromatic N) is 4. The van der Waals surface area contributed by atoms with Crippen molar-refractivity contribution >= 4 is 35.5 Å². The molecule has 2 aromatic carbocycles. The highest BCUT2D eigenvalue weighted by atomic mass is 35.5. The molecule has 2 heterocycles. The molecule has 0 aliphatic carbocycles. The molecule has 35 heavy (non-hydrogen) atoms. The van der Waals surface area contributed by atoms with Gasteiger partial charge in [-0.25, -0.2) is 4.99 Å². The summed E-state index contributed by atoms with van der Waals surface area (Å²) < 4.78 is 5.67. The van der Waals surface area contributed by atoms with E-state index in [1.165, 1.54) is 0 Å². The predicted octanol–water partition coefficient (Wildman–Crippen LogP) is 4.46. The Morgan fingerprint density at radius 1 is 1.11 bits per heavy atom. The molecule has 7 nitrogen and oxygen atoms in total. The van der Waals surface area contributed by atoms with Crippen molar-refractivity contribution in [2.24, 2.45) is 9.98 Å². The molecule has 0 N–H and O–H groups in total. The fraction of sp³-hybridized carbons (Fsp3) is 0.407. The topological polar surface area (TPSA) is 74.6 Å². The summed E-state index contributed by atoms with van der Waals surface area (Å²) in [5, 5.41) is 0.679. The second kappa shape index (κ2) is 11.5. The van der Waals surface area contributed by atoms with Crippen molar-refractivity contribution in [1.82, 2.24) is 9.80 Å². The maximum Gasteiger partial charge on any atom is 0.291 e. The van der Waals surface area contributed by atoms with Crippen molar-refractivity contribution in [1.29, 1.82) is 0 Å². The second-order valence-corrected chi connectivity index (χ2v) is 9.35. The average Bonchev–Trinajstić information content (AvgIpc) is 3.13. The van der Waals surface area contributed by atoms with Gasteiger partial charge in [0.05, 0.1) is 6.61 Å². The Balaban J connectivity index is 1.38. The molecule has 0 spiro atoms. The van der Waals surface area contributed by atoms with Crippen molar-refractivity contribution in [2.75, 3.05) is 32.8 Å².